The predicted octanol–water partition coefficient (Wildman–Crippen LogP) is 3.17. The van der Waals surface area contributed by atoms with Gasteiger partial charge in [-0.1, -0.05) is 36.7 Å². The van der Waals surface area contributed by atoms with Crippen molar-refractivity contribution in [1.29, 1.82) is 0 Å². The maximum atomic E-state index is 12.2. The Hall–Kier alpha value is -1.31. The molecule has 1 aromatic carbocycles. The standard InChI is InChI=1S/C13H16ClN3O2S2/c1-2-7-21(18,19)11-12(15)17-20-13(11)16-8-9-5-3-4-6-10(9)14/h3-6,16H,2,7-8H2,1H3,(H2,15,17). The molecular weight excluding hydrogens is 330 g/mol. The van der Waals surface area contributed by atoms with E-state index in [1.165, 1.54) is 0 Å². The van der Waals surface area contributed by atoms with Crippen LogP contribution < -0.4 is 11.1 Å². The molecule has 0 aliphatic carbocycles. The second kappa shape index (κ2) is 6.64. The third-order valence-electron chi connectivity index (χ3n) is 2.86. The number of nitrogens with two attached hydrogens (primary N) is 1. The van der Waals surface area contributed by atoms with Gasteiger partial charge in [0.2, 0.25) is 0 Å². The summed E-state index contributed by atoms with van der Waals surface area (Å²) in [5, 5.41) is 4.15. The first-order valence-electron chi connectivity index (χ1n) is 6.41. The smallest absolute Gasteiger partial charge is 0.185 e. The number of nitrogens with zero attached hydrogens (tertiary/aromatic N) is 1. The lowest BCUT2D eigenvalue weighted by molar-refractivity contribution is 0.595. The van der Waals surface area contributed by atoms with Gasteiger partial charge >= 0.3 is 0 Å². The minimum Gasteiger partial charge on any atom is -0.382 e. The number of nitrogen functional groups attached to an aromatic ring is 1. The molecule has 2 aromatic rings. The van der Waals surface area contributed by atoms with E-state index < -0.39 is 9.84 Å². The van der Waals surface area contributed by atoms with Crippen LogP contribution in [-0.2, 0) is 16.4 Å². The minimum atomic E-state index is -3.42. The van der Waals surface area contributed by atoms with Gasteiger partial charge in [-0.3, -0.25) is 0 Å². The zero-order chi connectivity index (χ0) is 15.5. The molecule has 0 saturated heterocycles. The Labute approximate surface area is 133 Å². The van der Waals surface area contributed by atoms with E-state index >= 15 is 0 Å². The largest absolute Gasteiger partial charge is 0.382 e. The number of anilines is 2. The maximum Gasteiger partial charge on any atom is 0.185 e. The van der Waals surface area contributed by atoms with Crippen molar-refractivity contribution >= 4 is 43.8 Å². The first kappa shape index (κ1) is 16.1. The van der Waals surface area contributed by atoms with Crippen molar-refractivity contribution in [2.75, 3.05) is 16.8 Å². The van der Waals surface area contributed by atoms with Crippen LogP contribution in [0.15, 0.2) is 29.2 Å². The molecule has 1 heterocycles. The van der Waals surface area contributed by atoms with Gasteiger partial charge in [0.25, 0.3) is 0 Å². The molecule has 0 aliphatic rings. The predicted molar refractivity (Wildman–Crippen MR) is 87.6 cm³/mol. The number of halogens is 1. The molecule has 0 spiro atoms. The summed E-state index contributed by atoms with van der Waals surface area (Å²) in [6.07, 6.45) is 0.529. The van der Waals surface area contributed by atoms with Gasteiger partial charge in [0.05, 0.1) is 5.75 Å². The summed E-state index contributed by atoms with van der Waals surface area (Å²) in [5.41, 5.74) is 6.59. The fraction of sp³-hybridized carbons (Fsp3) is 0.308. The normalized spacial score (nSPS) is 11.5. The first-order valence-corrected chi connectivity index (χ1v) is 9.21. The lowest BCUT2D eigenvalue weighted by Gasteiger charge is -2.08. The van der Waals surface area contributed by atoms with Crippen molar-refractivity contribution in [2.45, 2.75) is 24.8 Å². The van der Waals surface area contributed by atoms with Crippen molar-refractivity contribution in [3.63, 3.8) is 0 Å². The van der Waals surface area contributed by atoms with Crippen molar-refractivity contribution in [1.82, 2.24) is 4.37 Å². The fourth-order valence-corrected chi connectivity index (χ4v) is 4.71. The zero-order valence-corrected chi connectivity index (χ0v) is 13.9. The molecule has 0 aliphatic heterocycles. The molecule has 3 N–H and O–H groups in total. The van der Waals surface area contributed by atoms with Crippen LogP contribution in [0.1, 0.15) is 18.9 Å². The summed E-state index contributed by atoms with van der Waals surface area (Å²) < 4.78 is 28.4. The third-order valence-corrected chi connectivity index (χ3v) is 6.15. The molecule has 0 radical (unpaired) electrons. The Balaban J connectivity index is 2.25. The fourth-order valence-electron chi connectivity index (χ4n) is 1.90. The number of aromatic nitrogens is 1. The van der Waals surface area contributed by atoms with Gasteiger partial charge in [-0.25, -0.2) is 8.42 Å². The molecule has 114 valence electrons. The van der Waals surface area contributed by atoms with Crippen molar-refractivity contribution in [3.05, 3.63) is 34.9 Å². The highest BCUT2D eigenvalue weighted by molar-refractivity contribution is 7.91. The Morgan fingerprint density at radius 1 is 1.38 bits per heavy atom. The van der Waals surface area contributed by atoms with Gasteiger partial charge in [-0.2, -0.15) is 4.37 Å². The maximum absolute atomic E-state index is 12.2. The van der Waals surface area contributed by atoms with E-state index in [2.05, 4.69) is 9.69 Å². The molecule has 0 bridgehead atoms. The van der Waals surface area contributed by atoms with Gasteiger partial charge in [-0.05, 0) is 29.6 Å². The second-order valence-electron chi connectivity index (χ2n) is 4.49. The number of benzene rings is 1. The van der Waals surface area contributed by atoms with Crippen LogP contribution >= 0.6 is 23.1 Å². The molecule has 0 amide bonds. The zero-order valence-electron chi connectivity index (χ0n) is 11.5. The Bertz CT molecular complexity index is 729. The summed E-state index contributed by atoms with van der Waals surface area (Å²) in [6, 6.07) is 7.38. The molecule has 0 fully saturated rings. The number of rotatable bonds is 6. The summed E-state index contributed by atoms with van der Waals surface area (Å²) in [6.45, 7) is 2.22. The quantitative estimate of drug-likeness (QED) is 0.839. The Kier molecular flexibility index (Phi) is 5.08. The topological polar surface area (TPSA) is 85.1 Å². The highest BCUT2D eigenvalue weighted by Gasteiger charge is 2.24. The number of sulfone groups is 1. The van der Waals surface area contributed by atoms with Crippen LogP contribution in [0.3, 0.4) is 0 Å². The lowest BCUT2D eigenvalue weighted by Crippen LogP contribution is -2.10. The Morgan fingerprint density at radius 2 is 2.10 bits per heavy atom. The molecule has 2 rings (SSSR count). The summed E-state index contributed by atoms with van der Waals surface area (Å²) in [5.74, 6) is 0.103. The van der Waals surface area contributed by atoms with Crippen LogP contribution in [0, 0.1) is 0 Å². The van der Waals surface area contributed by atoms with Crippen molar-refractivity contribution in [3.8, 4) is 0 Å². The number of nitrogens with one attached hydrogen (secondary N) is 1. The van der Waals surface area contributed by atoms with E-state index in [1.54, 1.807) is 6.07 Å². The van der Waals surface area contributed by atoms with Gasteiger partial charge in [0, 0.05) is 11.6 Å². The van der Waals surface area contributed by atoms with Gasteiger partial charge in [0.15, 0.2) is 15.7 Å². The number of hydrogen-bond acceptors (Lipinski definition) is 6. The Morgan fingerprint density at radius 3 is 2.76 bits per heavy atom. The van der Waals surface area contributed by atoms with E-state index in [0.717, 1.165) is 17.1 Å². The highest BCUT2D eigenvalue weighted by Crippen LogP contribution is 2.33. The lowest BCUT2D eigenvalue weighted by atomic mass is 10.2. The van der Waals surface area contributed by atoms with Crippen LogP contribution in [-0.4, -0.2) is 18.5 Å². The van der Waals surface area contributed by atoms with Gasteiger partial charge in [0.1, 0.15) is 9.90 Å². The average Bonchev–Trinajstić information content (AvgIpc) is 2.80. The van der Waals surface area contributed by atoms with Crippen molar-refractivity contribution in [2.24, 2.45) is 0 Å². The summed E-state index contributed by atoms with van der Waals surface area (Å²) >= 11 is 7.13. The average molecular weight is 346 g/mol. The monoisotopic (exact) mass is 345 g/mol. The molecule has 1 aromatic heterocycles. The van der Waals surface area contributed by atoms with Gasteiger partial charge in [-0.15, -0.1) is 0 Å². The molecule has 21 heavy (non-hydrogen) atoms. The van der Waals surface area contributed by atoms with Gasteiger partial charge < -0.3 is 11.1 Å². The minimum absolute atomic E-state index is 0.0510. The van der Waals surface area contributed by atoms with E-state index in [0.29, 0.717) is 23.0 Å². The van der Waals surface area contributed by atoms with E-state index in [9.17, 15) is 8.42 Å². The van der Waals surface area contributed by atoms with Crippen molar-refractivity contribution < 1.29 is 8.42 Å². The van der Waals surface area contributed by atoms with Crippen LogP contribution in [0.25, 0.3) is 0 Å². The molecular formula is C13H16ClN3O2S2. The third kappa shape index (κ3) is 3.66. The SMILES string of the molecule is CCCS(=O)(=O)c1c(N)nsc1NCc1ccccc1Cl. The molecule has 5 nitrogen and oxygen atoms in total. The molecule has 0 saturated carbocycles. The molecule has 8 heteroatoms. The first-order chi connectivity index (χ1) is 9.95. The van der Waals surface area contributed by atoms with E-state index in [-0.39, 0.29) is 16.5 Å². The molecule has 0 unspecified atom stereocenters. The van der Waals surface area contributed by atoms with Crippen LogP contribution in [0.4, 0.5) is 10.8 Å². The van der Waals surface area contributed by atoms with E-state index in [4.69, 9.17) is 17.3 Å². The second-order valence-corrected chi connectivity index (χ2v) is 7.72. The van der Waals surface area contributed by atoms with Crippen LogP contribution in [0.5, 0.6) is 0 Å². The van der Waals surface area contributed by atoms with Crippen LogP contribution in [0.2, 0.25) is 5.02 Å². The number of hydrogen-bond donors (Lipinski definition) is 2. The van der Waals surface area contributed by atoms with E-state index in [1.807, 2.05) is 25.1 Å². The summed E-state index contributed by atoms with van der Waals surface area (Å²) in [4.78, 5) is 0.0985. The molecule has 0 atom stereocenters. The summed E-state index contributed by atoms with van der Waals surface area (Å²) in [7, 11) is -3.42. The highest BCUT2D eigenvalue weighted by atomic mass is 35.5.